The molecule has 0 aliphatic heterocycles. The number of nitrogens with two attached hydrogens (primary N) is 1. The number of methoxy groups -OCH3 is 1. The van der Waals surface area contributed by atoms with Crippen molar-refractivity contribution >= 4 is 0 Å². The fourth-order valence-corrected chi connectivity index (χ4v) is 2.49. The van der Waals surface area contributed by atoms with Gasteiger partial charge in [-0.25, -0.2) is 5.90 Å². The predicted octanol–water partition coefficient (Wildman–Crippen LogP) is 2.35. The Kier molecular flexibility index (Phi) is 3.80. The highest BCUT2D eigenvalue weighted by molar-refractivity contribution is 5.45. The number of aryl methyl sites for hydroxylation is 1. The largest absolute Gasteiger partial charge is 0.496 e. The monoisotopic (exact) mass is 221 g/mol. The Morgan fingerprint density at radius 1 is 1.19 bits per heavy atom. The summed E-state index contributed by atoms with van der Waals surface area (Å²) in [5.41, 5.74) is 3.96. The molecule has 0 aromatic heterocycles. The Hall–Kier alpha value is -1.06. The third kappa shape index (κ3) is 2.20. The van der Waals surface area contributed by atoms with Crippen molar-refractivity contribution in [3.05, 3.63) is 28.8 Å². The fourth-order valence-electron chi connectivity index (χ4n) is 2.49. The van der Waals surface area contributed by atoms with Crippen LogP contribution in [0.2, 0.25) is 0 Å². The van der Waals surface area contributed by atoms with Crippen LogP contribution in [-0.2, 0) is 24.3 Å². The van der Waals surface area contributed by atoms with Gasteiger partial charge in [0.2, 0.25) is 0 Å². The lowest BCUT2D eigenvalue weighted by Gasteiger charge is -2.15. The highest BCUT2D eigenvalue weighted by Crippen LogP contribution is 2.30. The van der Waals surface area contributed by atoms with E-state index in [-0.39, 0.29) is 0 Å². The topological polar surface area (TPSA) is 44.5 Å². The molecule has 2 N–H and O–H groups in total. The number of fused-ring (bicyclic) bond motifs is 1. The zero-order valence-electron chi connectivity index (χ0n) is 9.79. The summed E-state index contributed by atoms with van der Waals surface area (Å²) in [5.74, 6) is 6.10. The molecule has 0 amide bonds. The van der Waals surface area contributed by atoms with Crippen molar-refractivity contribution in [3.63, 3.8) is 0 Å². The first kappa shape index (κ1) is 11.4. The van der Waals surface area contributed by atoms with E-state index in [1.807, 2.05) is 6.07 Å². The van der Waals surface area contributed by atoms with Crippen LogP contribution in [0.3, 0.4) is 0 Å². The van der Waals surface area contributed by atoms with E-state index in [1.54, 1.807) is 7.11 Å². The molecule has 0 saturated carbocycles. The molecule has 0 atom stereocenters. The molecule has 1 aromatic rings. The minimum atomic E-state index is 0.437. The quantitative estimate of drug-likeness (QED) is 0.629. The second-order valence-corrected chi connectivity index (χ2v) is 4.26. The van der Waals surface area contributed by atoms with Crippen LogP contribution in [0.15, 0.2) is 12.1 Å². The molecule has 0 radical (unpaired) electrons. The van der Waals surface area contributed by atoms with Crippen LogP contribution >= 0.6 is 0 Å². The van der Waals surface area contributed by atoms with E-state index >= 15 is 0 Å². The summed E-state index contributed by atoms with van der Waals surface area (Å²) in [6.07, 6.45) is 6.11. The van der Waals surface area contributed by atoms with Crippen LogP contribution < -0.4 is 10.6 Å². The van der Waals surface area contributed by atoms with Crippen LogP contribution in [0.25, 0.3) is 0 Å². The third-order valence-electron chi connectivity index (χ3n) is 3.31. The van der Waals surface area contributed by atoms with Gasteiger partial charge in [-0.2, -0.15) is 0 Å². The maximum atomic E-state index is 5.37. The smallest absolute Gasteiger partial charge is 0.124 e. The SMILES string of the molecule is COc1ccc2c(c1CON)CCCCC2. The molecule has 0 fully saturated rings. The van der Waals surface area contributed by atoms with Gasteiger partial charge in [-0.15, -0.1) is 0 Å². The van der Waals surface area contributed by atoms with E-state index in [4.69, 9.17) is 15.5 Å². The second kappa shape index (κ2) is 5.32. The Balaban J connectivity index is 2.43. The molecule has 1 aliphatic carbocycles. The zero-order valence-corrected chi connectivity index (χ0v) is 9.79. The highest BCUT2D eigenvalue weighted by Gasteiger charge is 2.15. The lowest BCUT2D eigenvalue weighted by atomic mass is 9.96. The molecule has 3 nitrogen and oxygen atoms in total. The highest BCUT2D eigenvalue weighted by atomic mass is 16.6. The molecule has 0 spiro atoms. The van der Waals surface area contributed by atoms with Crippen LogP contribution in [0, 0.1) is 0 Å². The molecule has 88 valence electrons. The Labute approximate surface area is 96.5 Å². The number of hydrogen-bond donors (Lipinski definition) is 1. The second-order valence-electron chi connectivity index (χ2n) is 4.26. The summed E-state index contributed by atoms with van der Waals surface area (Å²) in [6.45, 7) is 0.437. The van der Waals surface area contributed by atoms with E-state index in [2.05, 4.69) is 6.07 Å². The molecular formula is C13H19NO2. The Morgan fingerprint density at radius 3 is 2.75 bits per heavy atom. The lowest BCUT2D eigenvalue weighted by Crippen LogP contribution is -2.06. The molecule has 16 heavy (non-hydrogen) atoms. The van der Waals surface area contributed by atoms with Crippen molar-refractivity contribution < 1.29 is 9.57 Å². The van der Waals surface area contributed by atoms with E-state index in [9.17, 15) is 0 Å². The van der Waals surface area contributed by atoms with E-state index in [0.29, 0.717) is 6.61 Å². The summed E-state index contributed by atoms with van der Waals surface area (Å²) in [6, 6.07) is 4.21. The number of ether oxygens (including phenoxy) is 1. The molecule has 0 saturated heterocycles. The Bertz CT molecular complexity index is 363. The molecular weight excluding hydrogens is 202 g/mol. The lowest BCUT2D eigenvalue weighted by molar-refractivity contribution is 0.121. The first-order valence-corrected chi connectivity index (χ1v) is 5.86. The molecule has 0 unspecified atom stereocenters. The van der Waals surface area contributed by atoms with Crippen LogP contribution in [0.4, 0.5) is 0 Å². The molecule has 3 heteroatoms. The van der Waals surface area contributed by atoms with E-state index in [1.165, 1.54) is 30.4 Å². The zero-order chi connectivity index (χ0) is 11.4. The third-order valence-corrected chi connectivity index (χ3v) is 3.31. The van der Waals surface area contributed by atoms with Crippen molar-refractivity contribution in [1.29, 1.82) is 0 Å². The van der Waals surface area contributed by atoms with Gasteiger partial charge in [-0.1, -0.05) is 12.5 Å². The average molecular weight is 221 g/mol. The summed E-state index contributed by atoms with van der Waals surface area (Å²) < 4.78 is 5.37. The van der Waals surface area contributed by atoms with Gasteiger partial charge in [0.1, 0.15) is 5.75 Å². The first-order chi connectivity index (χ1) is 7.86. The van der Waals surface area contributed by atoms with Crippen molar-refractivity contribution in [3.8, 4) is 5.75 Å². The Morgan fingerprint density at radius 2 is 2.00 bits per heavy atom. The predicted molar refractivity (Wildman–Crippen MR) is 63.2 cm³/mol. The van der Waals surface area contributed by atoms with Gasteiger partial charge >= 0.3 is 0 Å². The normalized spacial score (nSPS) is 15.4. The molecule has 1 aromatic carbocycles. The van der Waals surface area contributed by atoms with Crippen molar-refractivity contribution in [2.24, 2.45) is 5.90 Å². The summed E-state index contributed by atoms with van der Waals surface area (Å²) in [5, 5.41) is 0. The van der Waals surface area contributed by atoms with Gasteiger partial charge in [0, 0.05) is 5.56 Å². The number of hydrogen-bond acceptors (Lipinski definition) is 3. The van der Waals surface area contributed by atoms with Gasteiger partial charge in [0.15, 0.2) is 0 Å². The van der Waals surface area contributed by atoms with E-state index < -0.39 is 0 Å². The standard InChI is InChI=1S/C13H19NO2/c1-15-13-8-7-10-5-3-2-4-6-11(10)12(13)9-16-14/h7-8H,2-6,9,14H2,1H3. The van der Waals surface area contributed by atoms with Crippen molar-refractivity contribution in [2.45, 2.75) is 38.7 Å². The summed E-state index contributed by atoms with van der Waals surface area (Å²) >= 11 is 0. The fraction of sp³-hybridized carbons (Fsp3) is 0.538. The average Bonchev–Trinajstić information content (AvgIpc) is 2.55. The van der Waals surface area contributed by atoms with Crippen LogP contribution in [0.1, 0.15) is 36.0 Å². The van der Waals surface area contributed by atoms with Gasteiger partial charge < -0.3 is 4.74 Å². The molecule has 0 bridgehead atoms. The molecule has 1 aliphatic rings. The van der Waals surface area contributed by atoms with Crippen molar-refractivity contribution in [2.75, 3.05) is 7.11 Å². The van der Waals surface area contributed by atoms with E-state index in [0.717, 1.165) is 24.2 Å². The molecule has 0 heterocycles. The maximum absolute atomic E-state index is 5.37. The van der Waals surface area contributed by atoms with Gasteiger partial charge in [0.05, 0.1) is 13.7 Å². The van der Waals surface area contributed by atoms with Crippen LogP contribution in [0.5, 0.6) is 5.75 Å². The number of rotatable bonds is 3. The van der Waals surface area contributed by atoms with Gasteiger partial charge in [-0.05, 0) is 42.9 Å². The summed E-state index contributed by atoms with van der Waals surface area (Å²) in [7, 11) is 1.69. The van der Waals surface area contributed by atoms with Gasteiger partial charge in [-0.3, -0.25) is 4.84 Å². The minimum Gasteiger partial charge on any atom is -0.496 e. The minimum absolute atomic E-state index is 0.437. The number of benzene rings is 1. The van der Waals surface area contributed by atoms with Crippen molar-refractivity contribution in [1.82, 2.24) is 0 Å². The van der Waals surface area contributed by atoms with Crippen LogP contribution in [-0.4, -0.2) is 7.11 Å². The summed E-state index contributed by atoms with van der Waals surface area (Å²) in [4.78, 5) is 4.80. The maximum Gasteiger partial charge on any atom is 0.124 e. The van der Waals surface area contributed by atoms with Gasteiger partial charge in [0.25, 0.3) is 0 Å². The first-order valence-electron chi connectivity index (χ1n) is 5.86. The molecule has 2 rings (SSSR count).